The Labute approximate surface area is 100 Å². The summed E-state index contributed by atoms with van der Waals surface area (Å²) < 4.78 is 0. The smallest absolute Gasteiger partial charge is 0.0695 e. The second-order valence-electron chi connectivity index (χ2n) is 6.28. The van der Waals surface area contributed by atoms with E-state index in [2.05, 4.69) is 25.7 Å². The monoisotopic (exact) mass is 225 g/mol. The van der Waals surface area contributed by atoms with Crippen molar-refractivity contribution in [2.45, 2.75) is 71.1 Å². The highest BCUT2D eigenvalue weighted by atomic mass is 16.3. The second-order valence-corrected chi connectivity index (χ2v) is 6.28. The molecule has 0 spiro atoms. The Hall–Kier alpha value is -0.0800. The third-order valence-electron chi connectivity index (χ3n) is 4.64. The Kier molecular flexibility index (Phi) is 3.91. The number of nitrogens with zero attached hydrogens (tertiary/aromatic N) is 1. The quantitative estimate of drug-likeness (QED) is 0.741. The molecule has 0 bridgehead atoms. The van der Waals surface area contributed by atoms with E-state index >= 15 is 0 Å². The first-order valence-electron chi connectivity index (χ1n) is 7.01. The number of hydrogen-bond acceptors (Lipinski definition) is 2. The summed E-state index contributed by atoms with van der Waals surface area (Å²) in [7, 11) is 0. The minimum absolute atomic E-state index is 0.0797. The van der Waals surface area contributed by atoms with Crippen molar-refractivity contribution >= 4 is 0 Å². The van der Waals surface area contributed by atoms with Crippen molar-refractivity contribution in [1.82, 2.24) is 4.90 Å². The molecule has 1 saturated carbocycles. The van der Waals surface area contributed by atoms with Crippen LogP contribution in [0.1, 0.15) is 52.9 Å². The van der Waals surface area contributed by atoms with E-state index in [1.807, 2.05) is 0 Å². The van der Waals surface area contributed by atoms with E-state index in [9.17, 15) is 5.11 Å². The number of rotatable bonds is 1. The van der Waals surface area contributed by atoms with Gasteiger partial charge in [-0.25, -0.2) is 0 Å². The highest BCUT2D eigenvalue weighted by Crippen LogP contribution is 2.32. The maximum Gasteiger partial charge on any atom is 0.0695 e. The van der Waals surface area contributed by atoms with Crippen LogP contribution in [0.5, 0.6) is 0 Å². The van der Waals surface area contributed by atoms with Gasteiger partial charge in [0.05, 0.1) is 6.10 Å². The van der Waals surface area contributed by atoms with Gasteiger partial charge in [0.2, 0.25) is 0 Å². The van der Waals surface area contributed by atoms with E-state index in [1.165, 1.54) is 32.2 Å². The average Bonchev–Trinajstić information content (AvgIpc) is 2.25. The minimum atomic E-state index is -0.0797. The van der Waals surface area contributed by atoms with Crippen LogP contribution < -0.4 is 0 Å². The molecule has 0 amide bonds. The highest BCUT2D eigenvalue weighted by Gasteiger charge is 2.36. The third-order valence-corrected chi connectivity index (χ3v) is 4.64. The first-order valence-corrected chi connectivity index (χ1v) is 7.01. The number of aliphatic hydroxyl groups is 1. The molecule has 5 unspecified atom stereocenters. The predicted octanol–water partition coefficient (Wildman–Crippen LogP) is 2.66. The van der Waals surface area contributed by atoms with Gasteiger partial charge in [-0.3, -0.25) is 4.90 Å². The van der Waals surface area contributed by atoms with Crippen LogP contribution in [-0.2, 0) is 0 Å². The Morgan fingerprint density at radius 1 is 0.938 bits per heavy atom. The number of hydrogen-bond donors (Lipinski definition) is 1. The molecule has 0 radical (unpaired) electrons. The van der Waals surface area contributed by atoms with E-state index in [0.717, 1.165) is 18.3 Å². The predicted molar refractivity (Wildman–Crippen MR) is 67.4 cm³/mol. The zero-order valence-corrected chi connectivity index (χ0v) is 11.0. The molecule has 5 atom stereocenters. The van der Waals surface area contributed by atoms with Gasteiger partial charge in [0.15, 0.2) is 0 Å². The zero-order chi connectivity index (χ0) is 11.7. The lowest BCUT2D eigenvalue weighted by atomic mass is 9.81. The summed E-state index contributed by atoms with van der Waals surface area (Å²) in [6.07, 6.45) is 5.98. The van der Waals surface area contributed by atoms with Gasteiger partial charge < -0.3 is 5.11 Å². The molecule has 1 heterocycles. The first kappa shape index (κ1) is 12.4. The van der Waals surface area contributed by atoms with Crippen LogP contribution in [0.2, 0.25) is 0 Å². The van der Waals surface area contributed by atoms with Gasteiger partial charge in [0.25, 0.3) is 0 Å². The van der Waals surface area contributed by atoms with Crippen molar-refractivity contribution in [3.8, 4) is 0 Å². The normalized spacial score (nSPS) is 46.9. The van der Waals surface area contributed by atoms with Crippen LogP contribution >= 0.6 is 0 Å². The highest BCUT2D eigenvalue weighted by molar-refractivity contribution is 4.90. The van der Waals surface area contributed by atoms with Gasteiger partial charge in [0, 0.05) is 18.6 Å². The molecular formula is C14H27NO. The van der Waals surface area contributed by atoms with Crippen LogP contribution in [-0.4, -0.2) is 34.7 Å². The van der Waals surface area contributed by atoms with Crippen LogP contribution in [0, 0.1) is 11.8 Å². The maximum atomic E-state index is 10.2. The minimum Gasteiger partial charge on any atom is -0.391 e. The van der Waals surface area contributed by atoms with Crippen molar-refractivity contribution in [3.63, 3.8) is 0 Å². The molecule has 0 aromatic rings. The summed E-state index contributed by atoms with van der Waals surface area (Å²) in [5, 5.41) is 10.2. The van der Waals surface area contributed by atoms with E-state index in [4.69, 9.17) is 0 Å². The molecule has 2 heteroatoms. The SMILES string of the molecule is CC1CCC(O)C(N2CC(C)CCC2C)C1. The van der Waals surface area contributed by atoms with Gasteiger partial charge in [-0.2, -0.15) is 0 Å². The molecule has 2 nitrogen and oxygen atoms in total. The second kappa shape index (κ2) is 5.05. The molecule has 1 N–H and O–H groups in total. The van der Waals surface area contributed by atoms with Crippen molar-refractivity contribution in [3.05, 3.63) is 0 Å². The number of likely N-dealkylation sites (tertiary alicyclic amines) is 1. The topological polar surface area (TPSA) is 23.5 Å². The van der Waals surface area contributed by atoms with Crippen molar-refractivity contribution in [1.29, 1.82) is 0 Å². The fourth-order valence-electron chi connectivity index (χ4n) is 3.48. The Morgan fingerprint density at radius 2 is 1.62 bits per heavy atom. The van der Waals surface area contributed by atoms with E-state index in [1.54, 1.807) is 0 Å². The lowest BCUT2D eigenvalue weighted by Crippen LogP contribution is -2.54. The van der Waals surface area contributed by atoms with Gasteiger partial charge in [-0.15, -0.1) is 0 Å². The molecule has 0 aromatic carbocycles. The summed E-state index contributed by atoms with van der Waals surface area (Å²) in [4.78, 5) is 2.59. The Morgan fingerprint density at radius 3 is 2.38 bits per heavy atom. The van der Waals surface area contributed by atoms with Crippen LogP contribution in [0.3, 0.4) is 0 Å². The summed E-state index contributed by atoms with van der Waals surface area (Å²) in [6, 6.07) is 1.10. The van der Waals surface area contributed by atoms with Crippen LogP contribution in [0.25, 0.3) is 0 Å². The van der Waals surface area contributed by atoms with Gasteiger partial charge in [0.1, 0.15) is 0 Å². The molecule has 2 aliphatic rings. The van der Waals surface area contributed by atoms with E-state index in [0.29, 0.717) is 12.1 Å². The van der Waals surface area contributed by atoms with Crippen molar-refractivity contribution in [2.75, 3.05) is 6.54 Å². The Bertz CT molecular complexity index is 207. The van der Waals surface area contributed by atoms with Crippen molar-refractivity contribution in [2.24, 2.45) is 11.8 Å². The molecule has 2 rings (SSSR count). The standard InChI is InChI=1S/C14H27NO/c1-10-5-7-14(16)13(8-10)15-9-11(2)4-6-12(15)3/h10-14,16H,4-9H2,1-3H3. The van der Waals surface area contributed by atoms with Crippen molar-refractivity contribution < 1.29 is 5.11 Å². The van der Waals surface area contributed by atoms with Crippen LogP contribution in [0.15, 0.2) is 0 Å². The number of piperidine rings is 1. The average molecular weight is 225 g/mol. The molecule has 2 fully saturated rings. The fraction of sp³-hybridized carbons (Fsp3) is 1.00. The summed E-state index contributed by atoms with van der Waals surface area (Å²) in [5.74, 6) is 1.60. The summed E-state index contributed by atoms with van der Waals surface area (Å²) in [6.45, 7) is 8.20. The largest absolute Gasteiger partial charge is 0.391 e. The van der Waals surface area contributed by atoms with Gasteiger partial charge in [-0.1, -0.05) is 13.8 Å². The zero-order valence-electron chi connectivity index (χ0n) is 11.0. The first-order chi connectivity index (χ1) is 7.58. The van der Waals surface area contributed by atoms with Crippen LogP contribution in [0.4, 0.5) is 0 Å². The molecule has 1 saturated heterocycles. The third kappa shape index (κ3) is 2.60. The molecule has 16 heavy (non-hydrogen) atoms. The lowest BCUT2D eigenvalue weighted by molar-refractivity contribution is -0.0318. The molecule has 0 aromatic heterocycles. The summed E-state index contributed by atoms with van der Waals surface area (Å²) in [5.41, 5.74) is 0. The maximum absolute atomic E-state index is 10.2. The van der Waals surface area contributed by atoms with Gasteiger partial charge >= 0.3 is 0 Å². The molecular weight excluding hydrogens is 198 g/mol. The number of aliphatic hydroxyl groups excluding tert-OH is 1. The van der Waals surface area contributed by atoms with E-state index in [-0.39, 0.29) is 6.10 Å². The molecule has 1 aliphatic carbocycles. The van der Waals surface area contributed by atoms with Gasteiger partial charge in [-0.05, 0) is 50.9 Å². The molecule has 94 valence electrons. The lowest BCUT2D eigenvalue weighted by Gasteiger charge is -2.46. The summed E-state index contributed by atoms with van der Waals surface area (Å²) >= 11 is 0. The Balaban J connectivity index is 2.02. The molecule has 1 aliphatic heterocycles. The fourth-order valence-corrected chi connectivity index (χ4v) is 3.48. The van der Waals surface area contributed by atoms with E-state index < -0.39 is 0 Å².